The number of aromatic nitrogens is 1. The number of nitrogens with one attached hydrogen (secondary N) is 1. The van der Waals surface area contributed by atoms with Gasteiger partial charge in [0.05, 0.1) is 0 Å². The van der Waals surface area contributed by atoms with Crippen LogP contribution in [-0.2, 0) is 5.75 Å². The van der Waals surface area contributed by atoms with Crippen molar-refractivity contribution in [3.05, 3.63) is 54.0 Å². The average molecular weight is 262 g/mol. The zero-order chi connectivity index (χ0) is 12.8. The van der Waals surface area contributed by atoms with Crippen molar-refractivity contribution in [1.29, 1.82) is 0 Å². The Morgan fingerprint density at radius 2 is 2.06 bits per heavy atom. The van der Waals surface area contributed by atoms with E-state index in [2.05, 4.69) is 10.3 Å². The first-order chi connectivity index (χ1) is 8.81. The Balaban J connectivity index is 2.08. The normalized spacial score (nSPS) is 10.3. The molecule has 1 aromatic heterocycles. The van der Waals surface area contributed by atoms with Crippen molar-refractivity contribution in [2.45, 2.75) is 17.6 Å². The highest BCUT2D eigenvalue weighted by Gasteiger charge is 2.05. The van der Waals surface area contributed by atoms with Crippen LogP contribution in [0.2, 0.25) is 0 Å². The molecule has 0 aliphatic carbocycles. The van der Waals surface area contributed by atoms with Gasteiger partial charge in [-0.3, -0.25) is 0 Å². The number of nitrogens with zero attached hydrogens (tertiary/aromatic N) is 1. The Hall–Kier alpha value is -1.55. The van der Waals surface area contributed by atoms with Gasteiger partial charge >= 0.3 is 0 Å². The smallest absolute Gasteiger partial charge is 0.136 e. The lowest BCUT2D eigenvalue weighted by molar-refractivity contribution is 0.602. The van der Waals surface area contributed by atoms with E-state index in [4.69, 9.17) is 0 Å². The van der Waals surface area contributed by atoms with Crippen LogP contribution < -0.4 is 5.32 Å². The summed E-state index contributed by atoms with van der Waals surface area (Å²) >= 11 is 1.49. The van der Waals surface area contributed by atoms with Crippen LogP contribution in [-0.4, -0.2) is 11.5 Å². The summed E-state index contributed by atoms with van der Waals surface area (Å²) in [6.07, 6.45) is 1.76. The van der Waals surface area contributed by atoms with Crippen molar-refractivity contribution in [3.8, 4) is 0 Å². The summed E-state index contributed by atoms with van der Waals surface area (Å²) in [5, 5.41) is 3.21. The summed E-state index contributed by atoms with van der Waals surface area (Å²) in [4.78, 5) is 4.96. The van der Waals surface area contributed by atoms with Crippen molar-refractivity contribution in [3.63, 3.8) is 0 Å². The van der Waals surface area contributed by atoms with Gasteiger partial charge in [0.15, 0.2) is 0 Å². The van der Waals surface area contributed by atoms with E-state index in [9.17, 15) is 4.39 Å². The Morgan fingerprint density at radius 1 is 1.22 bits per heavy atom. The molecule has 0 radical (unpaired) electrons. The SMILES string of the molecule is CCNc1ncccc1CSc1ccccc1F. The average Bonchev–Trinajstić information content (AvgIpc) is 2.40. The summed E-state index contributed by atoms with van der Waals surface area (Å²) in [7, 11) is 0. The Labute approximate surface area is 111 Å². The number of thioether (sulfide) groups is 1. The highest BCUT2D eigenvalue weighted by Crippen LogP contribution is 2.27. The standard InChI is InChI=1S/C14H15FN2S/c1-2-16-14-11(6-5-9-17-14)10-18-13-8-4-3-7-12(13)15/h3-9H,2,10H2,1H3,(H,16,17). The fourth-order valence-electron chi connectivity index (χ4n) is 1.60. The van der Waals surface area contributed by atoms with Crippen LogP contribution in [0.4, 0.5) is 10.2 Å². The van der Waals surface area contributed by atoms with Crippen molar-refractivity contribution >= 4 is 17.6 Å². The first kappa shape index (κ1) is 12.9. The number of benzene rings is 1. The van der Waals surface area contributed by atoms with Crippen LogP contribution >= 0.6 is 11.8 Å². The van der Waals surface area contributed by atoms with Gasteiger partial charge in [-0.2, -0.15) is 0 Å². The molecule has 0 unspecified atom stereocenters. The molecule has 2 rings (SSSR count). The topological polar surface area (TPSA) is 24.9 Å². The molecule has 0 saturated carbocycles. The number of anilines is 1. The van der Waals surface area contributed by atoms with Crippen LogP contribution in [0.15, 0.2) is 47.5 Å². The Morgan fingerprint density at radius 3 is 2.83 bits per heavy atom. The fraction of sp³-hybridized carbons (Fsp3) is 0.214. The third-order valence-corrected chi connectivity index (χ3v) is 3.55. The second kappa shape index (κ2) is 6.40. The second-order valence-corrected chi connectivity index (χ2v) is 4.78. The fourth-order valence-corrected chi connectivity index (χ4v) is 2.52. The van der Waals surface area contributed by atoms with Crippen LogP contribution in [0, 0.1) is 5.82 Å². The number of pyridine rings is 1. The van der Waals surface area contributed by atoms with Gasteiger partial charge < -0.3 is 5.32 Å². The maximum absolute atomic E-state index is 13.5. The lowest BCUT2D eigenvalue weighted by Gasteiger charge is -2.09. The number of rotatable bonds is 5. The van der Waals surface area contributed by atoms with E-state index in [1.54, 1.807) is 18.3 Å². The molecule has 0 aliphatic rings. The lowest BCUT2D eigenvalue weighted by atomic mass is 10.3. The first-order valence-corrected chi connectivity index (χ1v) is 6.85. The molecule has 0 bridgehead atoms. The summed E-state index contributed by atoms with van der Waals surface area (Å²) in [6.45, 7) is 2.86. The molecule has 0 atom stereocenters. The quantitative estimate of drug-likeness (QED) is 0.826. The van der Waals surface area contributed by atoms with E-state index in [-0.39, 0.29) is 5.82 Å². The van der Waals surface area contributed by atoms with Crippen LogP contribution in [0.1, 0.15) is 12.5 Å². The van der Waals surface area contributed by atoms with E-state index in [0.29, 0.717) is 10.6 Å². The zero-order valence-corrected chi connectivity index (χ0v) is 11.0. The monoisotopic (exact) mass is 262 g/mol. The van der Waals surface area contributed by atoms with Gasteiger partial charge in [0.2, 0.25) is 0 Å². The second-order valence-electron chi connectivity index (χ2n) is 3.76. The van der Waals surface area contributed by atoms with E-state index in [1.807, 2.05) is 25.1 Å². The summed E-state index contributed by atoms with van der Waals surface area (Å²) in [5.41, 5.74) is 1.09. The number of halogens is 1. The Kier molecular flexibility index (Phi) is 4.59. The van der Waals surface area contributed by atoms with Crippen molar-refractivity contribution in [2.24, 2.45) is 0 Å². The molecule has 1 N–H and O–H groups in total. The van der Waals surface area contributed by atoms with E-state index < -0.39 is 0 Å². The maximum atomic E-state index is 13.5. The van der Waals surface area contributed by atoms with Crippen LogP contribution in [0.25, 0.3) is 0 Å². The van der Waals surface area contributed by atoms with Crippen molar-refractivity contribution in [2.75, 3.05) is 11.9 Å². The molecule has 1 aromatic carbocycles. The molecule has 1 heterocycles. The molecule has 0 aliphatic heterocycles. The largest absolute Gasteiger partial charge is 0.370 e. The van der Waals surface area contributed by atoms with Gasteiger partial charge in [-0.1, -0.05) is 18.2 Å². The van der Waals surface area contributed by atoms with E-state index in [0.717, 1.165) is 17.9 Å². The molecule has 0 fully saturated rings. The van der Waals surface area contributed by atoms with E-state index in [1.165, 1.54) is 17.8 Å². The van der Waals surface area contributed by atoms with Gasteiger partial charge in [0.25, 0.3) is 0 Å². The molecule has 0 amide bonds. The molecule has 2 aromatic rings. The molecular formula is C14H15FN2S. The van der Waals surface area contributed by atoms with E-state index >= 15 is 0 Å². The highest BCUT2D eigenvalue weighted by molar-refractivity contribution is 7.98. The van der Waals surface area contributed by atoms with Gasteiger partial charge in [-0.05, 0) is 25.1 Å². The van der Waals surface area contributed by atoms with Crippen molar-refractivity contribution < 1.29 is 4.39 Å². The molecule has 94 valence electrons. The maximum Gasteiger partial charge on any atom is 0.136 e. The minimum absolute atomic E-state index is 0.170. The van der Waals surface area contributed by atoms with Gasteiger partial charge in [-0.25, -0.2) is 9.37 Å². The molecule has 0 saturated heterocycles. The summed E-state index contributed by atoms with van der Waals surface area (Å²) < 4.78 is 13.5. The lowest BCUT2D eigenvalue weighted by Crippen LogP contribution is -2.02. The Bertz CT molecular complexity index is 517. The third-order valence-electron chi connectivity index (χ3n) is 2.46. The summed E-state index contributed by atoms with van der Waals surface area (Å²) in [6, 6.07) is 10.7. The first-order valence-electron chi connectivity index (χ1n) is 5.86. The number of hydrogen-bond acceptors (Lipinski definition) is 3. The summed E-state index contributed by atoms with van der Waals surface area (Å²) in [5.74, 6) is 1.41. The van der Waals surface area contributed by atoms with Crippen molar-refractivity contribution in [1.82, 2.24) is 4.98 Å². The predicted octanol–water partition coefficient (Wildman–Crippen LogP) is 3.94. The third kappa shape index (κ3) is 3.23. The molecule has 4 heteroatoms. The van der Waals surface area contributed by atoms with Gasteiger partial charge in [0.1, 0.15) is 11.6 Å². The molecule has 0 spiro atoms. The predicted molar refractivity (Wildman–Crippen MR) is 74.4 cm³/mol. The van der Waals surface area contributed by atoms with Gasteiger partial charge in [0, 0.05) is 29.0 Å². The van der Waals surface area contributed by atoms with Crippen LogP contribution in [0.5, 0.6) is 0 Å². The minimum Gasteiger partial charge on any atom is -0.370 e. The minimum atomic E-state index is -0.170. The number of hydrogen-bond donors (Lipinski definition) is 1. The molecular weight excluding hydrogens is 247 g/mol. The molecule has 18 heavy (non-hydrogen) atoms. The molecule has 2 nitrogen and oxygen atoms in total. The van der Waals surface area contributed by atoms with Gasteiger partial charge in [-0.15, -0.1) is 11.8 Å². The van der Waals surface area contributed by atoms with Crippen LogP contribution in [0.3, 0.4) is 0 Å². The highest BCUT2D eigenvalue weighted by atomic mass is 32.2. The zero-order valence-electron chi connectivity index (χ0n) is 10.2.